The number of oxazole rings is 1. The van der Waals surface area contributed by atoms with Crippen molar-refractivity contribution in [2.45, 2.75) is 13.8 Å². The van der Waals surface area contributed by atoms with Gasteiger partial charge in [0.15, 0.2) is 5.69 Å². The summed E-state index contributed by atoms with van der Waals surface area (Å²) in [7, 11) is 0. The highest BCUT2D eigenvalue weighted by Gasteiger charge is 2.18. The van der Waals surface area contributed by atoms with Crippen molar-refractivity contribution in [1.29, 1.82) is 0 Å². The predicted molar refractivity (Wildman–Crippen MR) is 63.4 cm³/mol. The summed E-state index contributed by atoms with van der Waals surface area (Å²) in [6.07, 6.45) is 0. The minimum absolute atomic E-state index is 0.0856. The second kappa shape index (κ2) is 4.22. The average Bonchev–Trinajstić information content (AvgIpc) is 2.64. The van der Waals surface area contributed by atoms with Crippen LogP contribution in [0.3, 0.4) is 0 Å². The Balaban J connectivity index is 2.58. The third-order valence-electron chi connectivity index (χ3n) is 2.42. The molecule has 0 aliphatic rings. The molecule has 1 heterocycles. The van der Waals surface area contributed by atoms with Crippen LogP contribution in [0.5, 0.6) is 0 Å². The number of hydrogen-bond donors (Lipinski definition) is 1. The molecule has 1 aromatic heterocycles. The first-order valence-corrected chi connectivity index (χ1v) is 5.34. The molecule has 0 aliphatic heterocycles. The highest BCUT2D eigenvalue weighted by atomic mass is 35.5. The number of aryl methyl sites for hydroxylation is 2. The number of halogens is 1. The highest BCUT2D eigenvalue weighted by molar-refractivity contribution is 6.33. The summed E-state index contributed by atoms with van der Waals surface area (Å²) in [4.78, 5) is 14.8. The van der Waals surface area contributed by atoms with Crippen LogP contribution in [0.1, 0.15) is 21.8 Å². The van der Waals surface area contributed by atoms with Gasteiger partial charge in [-0.25, -0.2) is 9.78 Å². The number of carboxylic acid groups (broad SMARTS) is 1. The van der Waals surface area contributed by atoms with Crippen molar-refractivity contribution < 1.29 is 14.3 Å². The number of aromatic carboxylic acids is 1. The normalized spacial score (nSPS) is 10.5. The Hall–Kier alpha value is -1.81. The van der Waals surface area contributed by atoms with E-state index in [1.807, 2.05) is 19.1 Å². The Morgan fingerprint density at radius 1 is 1.41 bits per heavy atom. The van der Waals surface area contributed by atoms with Crippen LogP contribution in [0.15, 0.2) is 22.6 Å². The fourth-order valence-electron chi connectivity index (χ4n) is 1.52. The van der Waals surface area contributed by atoms with E-state index in [1.54, 1.807) is 13.0 Å². The summed E-state index contributed by atoms with van der Waals surface area (Å²) in [5.41, 5.74) is 1.40. The molecule has 2 aromatic rings. The lowest BCUT2D eigenvalue weighted by Crippen LogP contribution is -1.98. The van der Waals surface area contributed by atoms with E-state index in [0.717, 1.165) is 5.56 Å². The number of carboxylic acids is 1. The molecule has 0 bridgehead atoms. The first-order chi connectivity index (χ1) is 8.00. The van der Waals surface area contributed by atoms with Crippen LogP contribution in [0.25, 0.3) is 11.5 Å². The van der Waals surface area contributed by atoms with Crippen LogP contribution in [-0.2, 0) is 0 Å². The molecule has 0 aliphatic carbocycles. The predicted octanol–water partition coefficient (Wildman–Crippen LogP) is 3.31. The fourth-order valence-corrected chi connectivity index (χ4v) is 1.73. The molecule has 0 amide bonds. The van der Waals surface area contributed by atoms with Gasteiger partial charge >= 0.3 is 5.97 Å². The Morgan fingerprint density at radius 2 is 2.12 bits per heavy atom. The highest BCUT2D eigenvalue weighted by Crippen LogP contribution is 2.30. The van der Waals surface area contributed by atoms with Gasteiger partial charge < -0.3 is 9.52 Å². The van der Waals surface area contributed by atoms with Gasteiger partial charge in [-0.3, -0.25) is 0 Å². The second-order valence-electron chi connectivity index (χ2n) is 3.67. The zero-order valence-corrected chi connectivity index (χ0v) is 10.1. The lowest BCUT2D eigenvalue weighted by atomic mass is 10.1. The van der Waals surface area contributed by atoms with Crippen LogP contribution in [0, 0.1) is 13.8 Å². The van der Waals surface area contributed by atoms with Gasteiger partial charge in [0, 0.05) is 0 Å². The summed E-state index contributed by atoms with van der Waals surface area (Å²) < 4.78 is 5.32. The zero-order valence-electron chi connectivity index (χ0n) is 9.32. The molecule has 0 unspecified atom stereocenters. The second-order valence-corrected chi connectivity index (χ2v) is 4.04. The van der Waals surface area contributed by atoms with Crippen LogP contribution >= 0.6 is 11.6 Å². The Labute approximate surface area is 103 Å². The quantitative estimate of drug-likeness (QED) is 0.889. The third-order valence-corrected chi connectivity index (χ3v) is 2.92. The van der Waals surface area contributed by atoms with Gasteiger partial charge in [0.05, 0.1) is 10.6 Å². The van der Waals surface area contributed by atoms with E-state index < -0.39 is 5.97 Å². The molecule has 88 valence electrons. The first kappa shape index (κ1) is 11.7. The van der Waals surface area contributed by atoms with E-state index in [0.29, 0.717) is 10.6 Å². The summed E-state index contributed by atoms with van der Waals surface area (Å²) in [6, 6.07) is 5.42. The Kier molecular flexibility index (Phi) is 2.90. The van der Waals surface area contributed by atoms with Crippen molar-refractivity contribution in [2.75, 3.05) is 0 Å². The van der Waals surface area contributed by atoms with Gasteiger partial charge in [0.1, 0.15) is 5.76 Å². The van der Waals surface area contributed by atoms with Crippen LogP contribution in [-0.4, -0.2) is 16.1 Å². The van der Waals surface area contributed by atoms with Crippen molar-refractivity contribution in [3.05, 3.63) is 40.2 Å². The third kappa shape index (κ3) is 2.03. The zero-order chi connectivity index (χ0) is 12.6. The monoisotopic (exact) mass is 251 g/mol. The van der Waals surface area contributed by atoms with E-state index >= 15 is 0 Å². The Bertz CT molecular complexity index is 589. The molecule has 5 heteroatoms. The number of nitrogens with zero attached hydrogens (tertiary/aromatic N) is 1. The molecule has 1 aromatic carbocycles. The van der Waals surface area contributed by atoms with Gasteiger partial charge in [0.25, 0.3) is 0 Å². The van der Waals surface area contributed by atoms with E-state index in [4.69, 9.17) is 21.1 Å². The molecule has 0 radical (unpaired) electrons. The van der Waals surface area contributed by atoms with Crippen LogP contribution in [0.4, 0.5) is 0 Å². The maximum absolute atomic E-state index is 10.9. The summed E-state index contributed by atoms with van der Waals surface area (Å²) in [5, 5.41) is 9.41. The minimum atomic E-state index is -1.11. The molecule has 2 rings (SSSR count). The van der Waals surface area contributed by atoms with E-state index in [-0.39, 0.29) is 17.3 Å². The molecule has 1 N–H and O–H groups in total. The summed E-state index contributed by atoms with van der Waals surface area (Å²) >= 11 is 6.12. The number of carbonyl (C=O) groups is 1. The fraction of sp³-hybridized carbons (Fsp3) is 0.167. The topological polar surface area (TPSA) is 63.3 Å². The maximum atomic E-state index is 10.9. The van der Waals surface area contributed by atoms with Crippen LogP contribution in [0.2, 0.25) is 5.02 Å². The molecular weight excluding hydrogens is 242 g/mol. The lowest BCUT2D eigenvalue weighted by Gasteiger charge is -2.01. The van der Waals surface area contributed by atoms with E-state index in [9.17, 15) is 4.79 Å². The van der Waals surface area contributed by atoms with Gasteiger partial charge in [-0.15, -0.1) is 0 Å². The van der Waals surface area contributed by atoms with Crippen molar-refractivity contribution >= 4 is 17.6 Å². The van der Waals surface area contributed by atoms with Gasteiger partial charge in [0.2, 0.25) is 5.89 Å². The SMILES string of the molecule is Cc1cccc(-c2nc(C(=O)O)c(C)o2)c1Cl. The maximum Gasteiger partial charge on any atom is 0.358 e. The van der Waals surface area contributed by atoms with Gasteiger partial charge in [-0.2, -0.15) is 0 Å². The smallest absolute Gasteiger partial charge is 0.358 e. The molecule has 4 nitrogen and oxygen atoms in total. The van der Waals surface area contributed by atoms with Gasteiger partial charge in [-0.05, 0) is 25.5 Å². The molecule has 0 saturated heterocycles. The lowest BCUT2D eigenvalue weighted by molar-refractivity contribution is 0.0689. The van der Waals surface area contributed by atoms with E-state index in [2.05, 4.69) is 4.98 Å². The van der Waals surface area contributed by atoms with Crippen molar-refractivity contribution in [3.8, 4) is 11.5 Å². The van der Waals surface area contributed by atoms with Gasteiger partial charge in [-0.1, -0.05) is 23.7 Å². The number of rotatable bonds is 2. The largest absolute Gasteiger partial charge is 0.476 e. The van der Waals surface area contributed by atoms with Crippen molar-refractivity contribution in [2.24, 2.45) is 0 Å². The summed E-state index contributed by atoms with van der Waals surface area (Å²) in [5.74, 6) is -0.611. The molecule has 0 fully saturated rings. The van der Waals surface area contributed by atoms with E-state index in [1.165, 1.54) is 0 Å². The summed E-state index contributed by atoms with van der Waals surface area (Å²) in [6.45, 7) is 3.42. The number of benzene rings is 1. The van der Waals surface area contributed by atoms with Crippen molar-refractivity contribution in [3.63, 3.8) is 0 Å². The molecule has 17 heavy (non-hydrogen) atoms. The molecule has 0 atom stereocenters. The minimum Gasteiger partial charge on any atom is -0.476 e. The molecule has 0 spiro atoms. The Morgan fingerprint density at radius 3 is 2.71 bits per heavy atom. The van der Waals surface area contributed by atoms with Crippen LogP contribution < -0.4 is 0 Å². The number of hydrogen-bond acceptors (Lipinski definition) is 3. The molecule has 0 saturated carbocycles. The van der Waals surface area contributed by atoms with Crippen molar-refractivity contribution in [1.82, 2.24) is 4.98 Å². The standard InChI is InChI=1S/C12H10ClNO3/c1-6-4-3-5-8(9(6)13)11-14-10(12(15)16)7(2)17-11/h3-5H,1-2H3,(H,15,16). The first-order valence-electron chi connectivity index (χ1n) is 4.97. The molecular formula is C12H10ClNO3. The average molecular weight is 252 g/mol. The number of aromatic nitrogens is 1.